The van der Waals surface area contributed by atoms with Crippen LogP contribution in [0.15, 0.2) is 0 Å². The quantitative estimate of drug-likeness (QED) is 0.765. The normalized spacial score (nSPS) is 29.1. The standard InChI is InChI=1S/C11H17NO4/c1-11(5-2-6-16-11)10(15)12(7-9(13)14)8-3-4-8/h8H,2-7H2,1H3,(H,13,14). The van der Waals surface area contributed by atoms with Crippen molar-refractivity contribution in [2.75, 3.05) is 13.2 Å². The number of carbonyl (C=O) groups excluding carboxylic acids is 1. The lowest BCUT2D eigenvalue weighted by molar-refractivity contribution is -0.156. The lowest BCUT2D eigenvalue weighted by Gasteiger charge is -2.30. The summed E-state index contributed by atoms with van der Waals surface area (Å²) in [4.78, 5) is 24.4. The van der Waals surface area contributed by atoms with Crippen molar-refractivity contribution in [2.24, 2.45) is 0 Å². The zero-order valence-corrected chi connectivity index (χ0v) is 9.44. The average Bonchev–Trinajstić information content (AvgIpc) is 2.97. The van der Waals surface area contributed by atoms with Gasteiger partial charge in [0.1, 0.15) is 12.1 Å². The first-order chi connectivity index (χ1) is 7.53. The van der Waals surface area contributed by atoms with E-state index in [1.807, 2.05) is 0 Å². The van der Waals surface area contributed by atoms with Crippen LogP contribution in [0, 0.1) is 0 Å². The Bertz CT molecular complexity index is 305. The number of hydrogen-bond acceptors (Lipinski definition) is 3. The first kappa shape index (κ1) is 11.4. The summed E-state index contributed by atoms with van der Waals surface area (Å²) < 4.78 is 5.46. The summed E-state index contributed by atoms with van der Waals surface area (Å²) in [7, 11) is 0. The Hall–Kier alpha value is -1.10. The molecule has 1 heterocycles. The Kier molecular flexibility index (Phi) is 2.88. The molecule has 2 fully saturated rings. The molecule has 1 aliphatic heterocycles. The maximum absolute atomic E-state index is 12.2. The average molecular weight is 227 g/mol. The third-order valence-electron chi connectivity index (χ3n) is 3.23. The fraction of sp³-hybridized carbons (Fsp3) is 0.818. The number of carboxylic acids is 1. The van der Waals surface area contributed by atoms with Gasteiger partial charge in [0.05, 0.1) is 0 Å². The van der Waals surface area contributed by atoms with Crippen LogP contribution in [0.2, 0.25) is 0 Å². The van der Waals surface area contributed by atoms with Gasteiger partial charge in [-0.2, -0.15) is 0 Å². The highest BCUT2D eigenvalue weighted by Crippen LogP contribution is 2.33. The summed E-state index contributed by atoms with van der Waals surface area (Å²) in [6.07, 6.45) is 3.38. The molecule has 0 spiro atoms. The van der Waals surface area contributed by atoms with E-state index in [9.17, 15) is 9.59 Å². The second kappa shape index (κ2) is 4.05. The lowest BCUT2D eigenvalue weighted by Crippen LogP contribution is -2.49. The molecule has 1 atom stereocenters. The molecular formula is C11H17NO4. The molecule has 0 aromatic carbocycles. The minimum atomic E-state index is -0.957. The molecule has 1 aliphatic carbocycles. The van der Waals surface area contributed by atoms with Crippen LogP contribution >= 0.6 is 0 Å². The number of aliphatic carboxylic acids is 1. The van der Waals surface area contributed by atoms with Crippen LogP contribution in [-0.4, -0.2) is 46.7 Å². The molecule has 1 amide bonds. The second-order valence-electron chi connectivity index (χ2n) is 4.74. The molecule has 2 aliphatic rings. The van der Waals surface area contributed by atoms with Crippen LogP contribution in [0.4, 0.5) is 0 Å². The maximum Gasteiger partial charge on any atom is 0.323 e. The van der Waals surface area contributed by atoms with E-state index >= 15 is 0 Å². The minimum absolute atomic E-state index is 0.115. The molecule has 5 heteroatoms. The molecule has 1 N–H and O–H groups in total. The molecule has 0 bridgehead atoms. The summed E-state index contributed by atoms with van der Waals surface area (Å²) in [5, 5.41) is 8.80. The Labute approximate surface area is 94.4 Å². The van der Waals surface area contributed by atoms with Gasteiger partial charge in [-0.05, 0) is 32.6 Å². The van der Waals surface area contributed by atoms with Crippen molar-refractivity contribution in [3.8, 4) is 0 Å². The number of amides is 1. The molecule has 90 valence electrons. The SMILES string of the molecule is CC1(C(=O)N(CC(=O)O)C2CC2)CCCO1. The highest BCUT2D eigenvalue weighted by Gasteiger charge is 2.45. The number of nitrogens with zero attached hydrogens (tertiary/aromatic N) is 1. The molecule has 0 aromatic rings. The third kappa shape index (κ3) is 2.19. The zero-order valence-electron chi connectivity index (χ0n) is 9.44. The Morgan fingerprint density at radius 1 is 1.50 bits per heavy atom. The minimum Gasteiger partial charge on any atom is -0.480 e. The highest BCUT2D eigenvalue weighted by atomic mass is 16.5. The smallest absolute Gasteiger partial charge is 0.323 e. The monoisotopic (exact) mass is 227 g/mol. The number of carbonyl (C=O) groups is 2. The summed E-state index contributed by atoms with van der Waals surface area (Å²) in [5.41, 5.74) is -0.794. The molecule has 0 radical (unpaired) electrons. The topological polar surface area (TPSA) is 66.8 Å². The summed E-state index contributed by atoms with van der Waals surface area (Å²) in [6, 6.07) is 0.115. The predicted molar refractivity (Wildman–Crippen MR) is 56.0 cm³/mol. The van der Waals surface area contributed by atoms with E-state index in [4.69, 9.17) is 9.84 Å². The van der Waals surface area contributed by atoms with E-state index in [-0.39, 0.29) is 18.5 Å². The molecule has 1 saturated heterocycles. The van der Waals surface area contributed by atoms with Gasteiger partial charge >= 0.3 is 5.97 Å². The van der Waals surface area contributed by atoms with Crippen LogP contribution in [0.5, 0.6) is 0 Å². The first-order valence-electron chi connectivity index (χ1n) is 5.70. The fourth-order valence-corrected chi connectivity index (χ4v) is 2.15. The maximum atomic E-state index is 12.2. The third-order valence-corrected chi connectivity index (χ3v) is 3.23. The Morgan fingerprint density at radius 2 is 2.19 bits per heavy atom. The Balaban J connectivity index is 2.07. The number of rotatable bonds is 4. The summed E-state index contributed by atoms with van der Waals surface area (Å²) in [5.74, 6) is -1.11. The van der Waals surface area contributed by atoms with Gasteiger partial charge in [-0.1, -0.05) is 0 Å². The zero-order chi connectivity index (χ0) is 11.8. The van der Waals surface area contributed by atoms with Gasteiger partial charge in [0.2, 0.25) is 0 Å². The van der Waals surface area contributed by atoms with Gasteiger partial charge in [-0.3, -0.25) is 9.59 Å². The molecule has 5 nitrogen and oxygen atoms in total. The van der Waals surface area contributed by atoms with E-state index in [2.05, 4.69) is 0 Å². The van der Waals surface area contributed by atoms with E-state index < -0.39 is 11.6 Å². The van der Waals surface area contributed by atoms with Gasteiger partial charge in [-0.15, -0.1) is 0 Å². The largest absolute Gasteiger partial charge is 0.480 e. The molecular weight excluding hydrogens is 210 g/mol. The molecule has 0 aromatic heterocycles. The molecule has 1 unspecified atom stereocenters. The van der Waals surface area contributed by atoms with Gasteiger partial charge in [0.15, 0.2) is 0 Å². The molecule has 2 rings (SSSR count). The summed E-state index contributed by atoms with van der Waals surface area (Å²) >= 11 is 0. The van der Waals surface area contributed by atoms with Crippen molar-refractivity contribution in [1.29, 1.82) is 0 Å². The van der Waals surface area contributed by atoms with Crippen molar-refractivity contribution in [3.63, 3.8) is 0 Å². The van der Waals surface area contributed by atoms with E-state index in [0.29, 0.717) is 13.0 Å². The van der Waals surface area contributed by atoms with Crippen molar-refractivity contribution in [3.05, 3.63) is 0 Å². The van der Waals surface area contributed by atoms with Gasteiger partial charge in [0.25, 0.3) is 5.91 Å². The van der Waals surface area contributed by atoms with E-state index in [1.54, 1.807) is 6.92 Å². The van der Waals surface area contributed by atoms with Gasteiger partial charge in [0, 0.05) is 12.6 Å². The Morgan fingerprint density at radius 3 is 2.62 bits per heavy atom. The van der Waals surface area contributed by atoms with Crippen LogP contribution < -0.4 is 0 Å². The van der Waals surface area contributed by atoms with Gasteiger partial charge < -0.3 is 14.7 Å². The van der Waals surface area contributed by atoms with E-state index in [1.165, 1.54) is 4.90 Å². The van der Waals surface area contributed by atoms with Crippen LogP contribution in [0.25, 0.3) is 0 Å². The predicted octanol–water partition coefficient (Wildman–Crippen LogP) is 0.631. The summed E-state index contributed by atoms with van der Waals surface area (Å²) in [6.45, 7) is 2.15. The van der Waals surface area contributed by atoms with Crippen molar-refractivity contribution in [2.45, 2.75) is 44.2 Å². The molecule has 1 saturated carbocycles. The number of hydrogen-bond donors (Lipinski definition) is 1. The number of carboxylic acid groups (broad SMARTS) is 1. The first-order valence-corrected chi connectivity index (χ1v) is 5.70. The second-order valence-corrected chi connectivity index (χ2v) is 4.74. The van der Waals surface area contributed by atoms with E-state index in [0.717, 1.165) is 19.3 Å². The number of ether oxygens (including phenoxy) is 1. The van der Waals surface area contributed by atoms with Crippen molar-refractivity contribution in [1.82, 2.24) is 4.90 Å². The van der Waals surface area contributed by atoms with Crippen LogP contribution in [0.1, 0.15) is 32.6 Å². The van der Waals surface area contributed by atoms with Crippen LogP contribution in [0.3, 0.4) is 0 Å². The van der Waals surface area contributed by atoms with Gasteiger partial charge in [-0.25, -0.2) is 0 Å². The lowest BCUT2D eigenvalue weighted by atomic mass is 10.0. The van der Waals surface area contributed by atoms with Crippen molar-refractivity contribution < 1.29 is 19.4 Å². The fourth-order valence-electron chi connectivity index (χ4n) is 2.15. The molecule has 16 heavy (non-hydrogen) atoms. The highest BCUT2D eigenvalue weighted by molar-refractivity contribution is 5.88. The van der Waals surface area contributed by atoms with Crippen molar-refractivity contribution >= 4 is 11.9 Å². The van der Waals surface area contributed by atoms with Crippen LogP contribution in [-0.2, 0) is 14.3 Å².